The molecular formula is C18H24ClFN4O. The maximum Gasteiger partial charge on any atom is 0.255 e. The Balaban J connectivity index is 0.00000225. The average molecular weight is 367 g/mol. The summed E-state index contributed by atoms with van der Waals surface area (Å²) in [5, 5.41) is 7.55. The first-order valence-corrected chi connectivity index (χ1v) is 8.34. The molecule has 0 spiro atoms. The third-order valence-electron chi connectivity index (χ3n) is 4.70. The van der Waals surface area contributed by atoms with Gasteiger partial charge in [-0.2, -0.15) is 5.10 Å². The van der Waals surface area contributed by atoms with Gasteiger partial charge in [-0.05, 0) is 63.8 Å². The van der Waals surface area contributed by atoms with Crippen LogP contribution in [-0.2, 0) is 0 Å². The van der Waals surface area contributed by atoms with E-state index in [0.717, 1.165) is 37.1 Å². The second kappa shape index (κ2) is 7.97. The Morgan fingerprint density at radius 3 is 2.40 bits per heavy atom. The van der Waals surface area contributed by atoms with Crippen LogP contribution in [0.1, 0.15) is 47.4 Å². The minimum absolute atomic E-state index is 0. The summed E-state index contributed by atoms with van der Waals surface area (Å²) < 4.78 is 14.8. The fourth-order valence-corrected chi connectivity index (χ4v) is 3.33. The normalized spacial score (nSPS) is 20.0. The van der Waals surface area contributed by atoms with E-state index < -0.39 is 0 Å². The van der Waals surface area contributed by atoms with E-state index in [4.69, 9.17) is 5.73 Å². The number of nitrogens with zero attached hydrogens (tertiary/aromatic N) is 2. The predicted molar refractivity (Wildman–Crippen MR) is 97.9 cm³/mol. The van der Waals surface area contributed by atoms with E-state index in [1.54, 1.807) is 16.8 Å². The molecule has 0 bridgehead atoms. The lowest BCUT2D eigenvalue weighted by molar-refractivity contribution is 0.0924. The van der Waals surface area contributed by atoms with Crippen molar-refractivity contribution < 1.29 is 9.18 Å². The summed E-state index contributed by atoms with van der Waals surface area (Å²) in [5.74, 6) is -0.396. The van der Waals surface area contributed by atoms with Gasteiger partial charge < -0.3 is 11.1 Å². The summed E-state index contributed by atoms with van der Waals surface area (Å²) in [4.78, 5) is 12.7. The zero-order valence-corrected chi connectivity index (χ0v) is 15.3. The van der Waals surface area contributed by atoms with E-state index >= 15 is 0 Å². The largest absolute Gasteiger partial charge is 0.349 e. The fraction of sp³-hybridized carbons (Fsp3) is 0.444. The molecule has 0 unspecified atom stereocenters. The number of nitrogens with one attached hydrogen (secondary N) is 1. The molecule has 1 aromatic heterocycles. The number of carbonyl (C=O) groups excluding carboxylic acids is 1. The van der Waals surface area contributed by atoms with Crippen molar-refractivity contribution in [2.24, 2.45) is 5.73 Å². The highest BCUT2D eigenvalue weighted by Gasteiger charge is 2.24. The van der Waals surface area contributed by atoms with Crippen LogP contribution in [0.25, 0.3) is 5.69 Å². The number of amides is 1. The van der Waals surface area contributed by atoms with Crippen LogP contribution in [0.4, 0.5) is 4.39 Å². The van der Waals surface area contributed by atoms with Crippen LogP contribution in [0.5, 0.6) is 0 Å². The van der Waals surface area contributed by atoms with Gasteiger partial charge in [0, 0.05) is 12.1 Å². The summed E-state index contributed by atoms with van der Waals surface area (Å²) in [5.41, 5.74) is 8.66. The molecule has 1 aliphatic carbocycles. The van der Waals surface area contributed by atoms with Crippen LogP contribution in [0.2, 0.25) is 0 Å². The topological polar surface area (TPSA) is 72.9 Å². The SMILES string of the molecule is Cc1nn(-c2ccc(F)cc2)c(C)c1C(=O)NC1CCC(N)CC1.Cl. The smallest absolute Gasteiger partial charge is 0.255 e. The van der Waals surface area contributed by atoms with Gasteiger partial charge in [-0.3, -0.25) is 4.79 Å². The summed E-state index contributed by atoms with van der Waals surface area (Å²) >= 11 is 0. The second-order valence-corrected chi connectivity index (χ2v) is 6.52. The van der Waals surface area contributed by atoms with Crippen molar-refractivity contribution in [3.05, 3.63) is 47.0 Å². The summed E-state index contributed by atoms with van der Waals surface area (Å²) in [6.07, 6.45) is 3.71. The molecule has 1 heterocycles. The average Bonchev–Trinajstić information content (AvgIpc) is 2.85. The van der Waals surface area contributed by atoms with Gasteiger partial charge >= 0.3 is 0 Å². The third-order valence-corrected chi connectivity index (χ3v) is 4.70. The molecule has 1 aliphatic rings. The molecule has 2 aromatic rings. The summed E-state index contributed by atoms with van der Waals surface area (Å²) in [7, 11) is 0. The molecule has 1 fully saturated rings. The van der Waals surface area contributed by atoms with Gasteiger partial charge in [0.05, 0.1) is 22.6 Å². The molecule has 1 aromatic carbocycles. The minimum Gasteiger partial charge on any atom is -0.349 e. The maximum absolute atomic E-state index is 13.1. The van der Waals surface area contributed by atoms with Crippen LogP contribution >= 0.6 is 12.4 Å². The lowest BCUT2D eigenvalue weighted by atomic mass is 9.91. The number of aryl methyl sites for hydroxylation is 1. The van der Waals surface area contributed by atoms with E-state index in [-0.39, 0.29) is 36.2 Å². The molecule has 1 amide bonds. The number of aromatic nitrogens is 2. The summed E-state index contributed by atoms with van der Waals surface area (Å²) in [6, 6.07) is 6.50. The van der Waals surface area contributed by atoms with Gasteiger partial charge in [-0.25, -0.2) is 9.07 Å². The molecule has 25 heavy (non-hydrogen) atoms. The lowest BCUT2D eigenvalue weighted by Crippen LogP contribution is -2.40. The van der Waals surface area contributed by atoms with Gasteiger partial charge in [0.25, 0.3) is 5.91 Å². The van der Waals surface area contributed by atoms with Crippen molar-refractivity contribution >= 4 is 18.3 Å². The van der Waals surface area contributed by atoms with Gasteiger partial charge in [0.1, 0.15) is 5.82 Å². The molecule has 0 atom stereocenters. The monoisotopic (exact) mass is 366 g/mol. The number of rotatable bonds is 3. The van der Waals surface area contributed by atoms with Crippen LogP contribution in [0.3, 0.4) is 0 Å². The minimum atomic E-state index is -0.297. The lowest BCUT2D eigenvalue weighted by Gasteiger charge is -2.26. The Morgan fingerprint density at radius 2 is 1.80 bits per heavy atom. The zero-order chi connectivity index (χ0) is 17.3. The Morgan fingerprint density at radius 1 is 1.20 bits per heavy atom. The third kappa shape index (κ3) is 4.19. The van der Waals surface area contributed by atoms with E-state index in [9.17, 15) is 9.18 Å². The highest BCUT2D eigenvalue weighted by molar-refractivity contribution is 5.96. The number of hydrogen-bond donors (Lipinski definition) is 2. The molecule has 3 rings (SSSR count). The van der Waals surface area contributed by atoms with Crippen molar-refractivity contribution in [1.29, 1.82) is 0 Å². The molecular weight excluding hydrogens is 343 g/mol. The Kier molecular flexibility index (Phi) is 6.19. The maximum atomic E-state index is 13.1. The molecule has 0 radical (unpaired) electrons. The van der Waals surface area contributed by atoms with E-state index in [2.05, 4.69) is 10.4 Å². The van der Waals surface area contributed by atoms with Crippen molar-refractivity contribution in [3.63, 3.8) is 0 Å². The quantitative estimate of drug-likeness (QED) is 0.876. The van der Waals surface area contributed by atoms with E-state index in [1.165, 1.54) is 12.1 Å². The number of halogens is 2. The molecule has 5 nitrogen and oxygen atoms in total. The molecule has 3 N–H and O–H groups in total. The van der Waals surface area contributed by atoms with Crippen LogP contribution in [0.15, 0.2) is 24.3 Å². The highest BCUT2D eigenvalue weighted by atomic mass is 35.5. The predicted octanol–water partition coefficient (Wildman–Crippen LogP) is 3.05. The van der Waals surface area contributed by atoms with Gasteiger partial charge in [-0.15, -0.1) is 12.4 Å². The van der Waals surface area contributed by atoms with E-state index in [1.807, 2.05) is 13.8 Å². The molecule has 0 saturated heterocycles. The van der Waals surface area contributed by atoms with Crippen LogP contribution < -0.4 is 11.1 Å². The van der Waals surface area contributed by atoms with Gasteiger partial charge in [0.2, 0.25) is 0 Å². The van der Waals surface area contributed by atoms with Crippen LogP contribution in [-0.4, -0.2) is 27.8 Å². The van der Waals surface area contributed by atoms with Crippen molar-refractivity contribution in [2.75, 3.05) is 0 Å². The number of carbonyl (C=O) groups is 1. The molecule has 136 valence electrons. The standard InChI is InChI=1S/C18H23FN4O.ClH/c1-11-17(18(24)21-15-7-5-14(20)6-8-15)12(2)23(22-11)16-9-3-13(19)4-10-16;/h3-4,9-10,14-15H,5-8,20H2,1-2H3,(H,21,24);1H. The molecule has 1 saturated carbocycles. The number of nitrogens with two attached hydrogens (primary N) is 1. The number of hydrogen-bond acceptors (Lipinski definition) is 3. The zero-order valence-electron chi connectivity index (χ0n) is 14.5. The van der Waals surface area contributed by atoms with Crippen molar-refractivity contribution in [3.8, 4) is 5.69 Å². The van der Waals surface area contributed by atoms with Crippen LogP contribution in [0, 0.1) is 19.7 Å². The second-order valence-electron chi connectivity index (χ2n) is 6.52. The first-order valence-electron chi connectivity index (χ1n) is 8.34. The fourth-order valence-electron chi connectivity index (χ4n) is 3.33. The summed E-state index contributed by atoms with van der Waals surface area (Å²) in [6.45, 7) is 3.67. The Hall–Kier alpha value is -1.92. The first-order chi connectivity index (χ1) is 11.5. The Labute approximate surface area is 153 Å². The molecule has 7 heteroatoms. The van der Waals surface area contributed by atoms with E-state index in [0.29, 0.717) is 11.3 Å². The number of benzene rings is 1. The van der Waals surface area contributed by atoms with Crippen molar-refractivity contribution in [2.45, 2.75) is 51.6 Å². The van der Waals surface area contributed by atoms with Gasteiger partial charge in [-0.1, -0.05) is 0 Å². The highest BCUT2D eigenvalue weighted by Crippen LogP contribution is 2.21. The molecule has 0 aliphatic heterocycles. The van der Waals surface area contributed by atoms with Gasteiger partial charge in [0.15, 0.2) is 0 Å². The van der Waals surface area contributed by atoms with Crippen molar-refractivity contribution in [1.82, 2.24) is 15.1 Å². The Bertz CT molecular complexity index is 736. The first kappa shape index (κ1) is 19.4.